The van der Waals surface area contributed by atoms with Gasteiger partial charge in [-0.1, -0.05) is 6.07 Å². The molecule has 0 aromatic heterocycles. The molecule has 2 bridgehead atoms. The average molecular weight is 243 g/mol. The largest absolute Gasteiger partial charge is 0.508 e. The number of hydrogen-bond acceptors (Lipinski definition) is 2. The zero-order valence-corrected chi connectivity index (χ0v) is 10.8. The second kappa shape index (κ2) is 3.99. The number of fused-ring (bicyclic) bond motifs is 3. The van der Waals surface area contributed by atoms with Gasteiger partial charge in [0, 0.05) is 18.6 Å². The molecule has 96 valence electrons. The molecule has 0 spiro atoms. The van der Waals surface area contributed by atoms with Crippen molar-refractivity contribution in [2.75, 3.05) is 6.54 Å². The third-order valence-electron chi connectivity index (χ3n) is 5.26. The molecule has 1 N–H and O–H groups in total. The average Bonchev–Trinajstić information content (AvgIpc) is 2.99. The normalized spacial score (nSPS) is 34.8. The van der Waals surface area contributed by atoms with E-state index in [0.29, 0.717) is 11.8 Å². The number of rotatable bonds is 1. The van der Waals surface area contributed by atoms with Gasteiger partial charge in [0.2, 0.25) is 0 Å². The van der Waals surface area contributed by atoms with Crippen molar-refractivity contribution in [2.24, 2.45) is 5.92 Å². The molecule has 2 fully saturated rings. The summed E-state index contributed by atoms with van der Waals surface area (Å²) in [6.07, 6.45) is 8.02. The van der Waals surface area contributed by atoms with Crippen LogP contribution in [-0.2, 0) is 6.42 Å². The quantitative estimate of drug-likeness (QED) is 0.818. The summed E-state index contributed by atoms with van der Waals surface area (Å²) in [5.74, 6) is 1.40. The van der Waals surface area contributed by atoms with Crippen molar-refractivity contribution in [1.82, 2.24) is 4.90 Å². The van der Waals surface area contributed by atoms with Crippen LogP contribution in [0.5, 0.6) is 5.75 Å². The highest BCUT2D eigenvalue weighted by Gasteiger charge is 2.42. The summed E-state index contributed by atoms with van der Waals surface area (Å²) in [6.45, 7) is 1.32. The molecule has 2 nitrogen and oxygen atoms in total. The summed E-state index contributed by atoms with van der Waals surface area (Å²) >= 11 is 0. The van der Waals surface area contributed by atoms with Crippen LogP contribution in [0.2, 0.25) is 0 Å². The predicted molar refractivity (Wildman–Crippen MR) is 71.6 cm³/mol. The van der Waals surface area contributed by atoms with Gasteiger partial charge in [-0.25, -0.2) is 0 Å². The van der Waals surface area contributed by atoms with Gasteiger partial charge in [-0.3, -0.25) is 4.90 Å². The van der Waals surface area contributed by atoms with Crippen LogP contribution >= 0.6 is 0 Å². The lowest BCUT2D eigenvalue weighted by atomic mass is 9.86. The van der Waals surface area contributed by atoms with Crippen LogP contribution in [0.1, 0.15) is 49.3 Å². The fraction of sp³-hybridized carbons (Fsp3) is 0.625. The van der Waals surface area contributed by atoms with Crippen molar-refractivity contribution < 1.29 is 5.11 Å². The van der Waals surface area contributed by atoms with E-state index in [1.54, 1.807) is 0 Å². The molecular formula is C16H21NO. The molecule has 0 radical (unpaired) electrons. The lowest BCUT2D eigenvalue weighted by molar-refractivity contribution is 0.135. The Morgan fingerprint density at radius 1 is 1.17 bits per heavy atom. The maximum Gasteiger partial charge on any atom is 0.115 e. The Labute approximate surface area is 109 Å². The minimum atomic E-state index is 0.428. The fourth-order valence-corrected chi connectivity index (χ4v) is 4.46. The Hall–Kier alpha value is -1.02. The predicted octanol–water partition coefficient (Wildman–Crippen LogP) is 3.25. The number of aromatic hydroxyl groups is 1. The summed E-state index contributed by atoms with van der Waals surface area (Å²) in [6, 6.07) is 7.49. The third kappa shape index (κ3) is 1.58. The Kier molecular flexibility index (Phi) is 2.41. The summed E-state index contributed by atoms with van der Waals surface area (Å²) in [5.41, 5.74) is 2.88. The lowest BCUT2D eigenvalue weighted by Gasteiger charge is -2.38. The van der Waals surface area contributed by atoms with Crippen LogP contribution < -0.4 is 0 Å². The van der Waals surface area contributed by atoms with E-state index in [0.717, 1.165) is 18.4 Å². The topological polar surface area (TPSA) is 23.5 Å². The van der Waals surface area contributed by atoms with E-state index < -0.39 is 0 Å². The molecule has 1 aromatic rings. The van der Waals surface area contributed by atoms with Crippen molar-refractivity contribution >= 4 is 0 Å². The molecule has 0 amide bonds. The Morgan fingerprint density at radius 2 is 2.11 bits per heavy atom. The zero-order valence-electron chi connectivity index (χ0n) is 10.8. The third-order valence-corrected chi connectivity index (χ3v) is 5.26. The Morgan fingerprint density at radius 3 is 2.89 bits per heavy atom. The highest BCUT2D eigenvalue weighted by Crippen LogP contribution is 2.45. The standard InChI is InChI=1S/C16H21NO/c18-14-6-7-15-12(9-14)2-1-3-16(15)17-10-11-4-5-13(17)8-11/h6-7,9,11,13,16,18H,1-5,8,10H2. The molecule has 1 heterocycles. The van der Waals surface area contributed by atoms with Crippen molar-refractivity contribution in [3.8, 4) is 5.75 Å². The molecule has 3 aliphatic rings. The van der Waals surface area contributed by atoms with E-state index in [4.69, 9.17) is 0 Å². The van der Waals surface area contributed by atoms with E-state index in [1.807, 2.05) is 12.1 Å². The van der Waals surface area contributed by atoms with E-state index in [-0.39, 0.29) is 0 Å². The summed E-state index contributed by atoms with van der Waals surface area (Å²) in [7, 11) is 0. The van der Waals surface area contributed by atoms with Gasteiger partial charge < -0.3 is 5.11 Å². The first-order valence-electron chi connectivity index (χ1n) is 7.39. The number of benzene rings is 1. The number of nitrogens with zero attached hydrogens (tertiary/aromatic N) is 1. The number of likely N-dealkylation sites (tertiary alicyclic amines) is 1. The van der Waals surface area contributed by atoms with Gasteiger partial charge in [0.05, 0.1) is 0 Å². The van der Waals surface area contributed by atoms with Gasteiger partial charge in [0.1, 0.15) is 5.75 Å². The Balaban J connectivity index is 1.67. The van der Waals surface area contributed by atoms with Crippen molar-refractivity contribution in [1.29, 1.82) is 0 Å². The van der Waals surface area contributed by atoms with Crippen LogP contribution in [0.25, 0.3) is 0 Å². The molecular weight excluding hydrogens is 222 g/mol. The first kappa shape index (κ1) is 10.9. The smallest absolute Gasteiger partial charge is 0.115 e. The van der Waals surface area contributed by atoms with Gasteiger partial charge in [0.15, 0.2) is 0 Å². The molecule has 1 aliphatic heterocycles. The monoisotopic (exact) mass is 243 g/mol. The van der Waals surface area contributed by atoms with Crippen LogP contribution in [-0.4, -0.2) is 22.6 Å². The molecule has 3 atom stereocenters. The van der Waals surface area contributed by atoms with Gasteiger partial charge in [-0.15, -0.1) is 0 Å². The van der Waals surface area contributed by atoms with Gasteiger partial charge >= 0.3 is 0 Å². The van der Waals surface area contributed by atoms with Gasteiger partial charge in [-0.2, -0.15) is 0 Å². The number of hydrogen-bond donors (Lipinski definition) is 1. The maximum atomic E-state index is 9.63. The first-order chi connectivity index (χ1) is 8.81. The molecule has 1 saturated heterocycles. The summed E-state index contributed by atoms with van der Waals surface area (Å²) in [4.78, 5) is 2.77. The second-order valence-electron chi connectivity index (χ2n) is 6.32. The molecule has 18 heavy (non-hydrogen) atoms. The van der Waals surface area contributed by atoms with E-state index in [1.165, 1.54) is 49.8 Å². The molecule has 3 unspecified atom stereocenters. The van der Waals surface area contributed by atoms with Gasteiger partial charge in [0.25, 0.3) is 0 Å². The molecule has 4 rings (SSSR count). The van der Waals surface area contributed by atoms with Crippen LogP contribution in [0, 0.1) is 5.92 Å². The van der Waals surface area contributed by atoms with Crippen LogP contribution in [0.3, 0.4) is 0 Å². The van der Waals surface area contributed by atoms with E-state index in [2.05, 4.69) is 11.0 Å². The fourth-order valence-electron chi connectivity index (χ4n) is 4.46. The van der Waals surface area contributed by atoms with Crippen molar-refractivity contribution in [2.45, 2.75) is 50.6 Å². The maximum absolute atomic E-state index is 9.63. The summed E-state index contributed by atoms with van der Waals surface area (Å²) in [5, 5.41) is 9.63. The Bertz CT molecular complexity index is 470. The first-order valence-corrected chi connectivity index (χ1v) is 7.39. The number of phenols is 1. The molecule has 2 heteroatoms. The van der Waals surface area contributed by atoms with Crippen molar-refractivity contribution in [3.05, 3.63) is 29.3 Å². The van der Waals surface area contributed by atoms with Gasteiger partial charge in [-0.05, 0) is 67.7 Å². The van der Waals surface area contributed by atoms with Crippen molar-refractivity contribution in [3.63, 3.8) is 0 Å². The van der Waals surface area contributed by atoms with Crippen LogP contribution in [0.4, 0.5) is 0 Å². The number of piperidine rings is 1. The minimum Gasteiger partial charge on any atom is -0.508 e. The molecule has 1 aromatic carbocycles. The summed E-state index contributed by atoms with van der Waals surface area (Å²) < 4.78 is 0. The number of phenolic OH excluding ortho intramolecular Hbond substituents is 1. The lowest BCUT2D eigenvalue weighted by Crippen LogP contribution is -2.37. The van der Waals surface area contributed by atoms with E-state index in [9.17, 15) is 5.11 Å². The minimum absolute atomic E-state index is 0.428. The molecule has 1 saturated carbocycles. The van der Waals surface area contributed by atoms with Crippen LogP contribution in [0.15, 0.2) is 18.2 Å². The second-order valence-corrected chi connectivity index (χ2v) is 6.32. The van der Waals surface area contributed by atoms with E-state index >= 15 is 0 Å². The zero-order chi connectivity index (χ0) is 12.1. The highest BCUT2D eigenvalue weighted by molar-refractivity contribution is 5.38. The highest BCUT2D eigenvalue weighted by atomic mass is 16.3. The number of aryl methyl sites for hydroxylation is 1. The molecule has 2 aliphatic carbocycles. The SMILES string of the molecule is Oc1ccc2c(c1)CCCC2N1CC2CCC1C2.